The molecule has 1 aliphatic carbocycles. The quantitative estimate of drug-likeness (QED) is 0.166. The highest BCUT2D eigenvalue weighted by Crippen LogP contribution is 2.64. The molecule has 1 spiro atoms. The Morgan fingerprint density at radius 2 is 0.864 bits per heavy atom. The van der Waals surface area contributed by atoms with Crippen LogP contribution in [0.5, 0.6) is 0 Å². The van der Waals surface area contributed by atoms with Crippen LogP contribution in [0.25, 0.3) is 88.4 Å². The minimum Gasteiger partial charge on any atom is -0.310 e. The van der Waals surface area contributed by atoms with Gasteiger partial charge in [-0.15, -0.1) is 0 Å². The third-order valence-corrected chi connectivity index (χ3v) is 14.0. The van der Waals surface area contributed by atoms with E-state index < -0.39 is 5.41 Å². The Labute approximate surface area is 381 Å². The number of hydrogen-bond donors (Lipinski definition) is 0. The van der Waals surface area contributed by atoms with Gasteiger partial charge in [0.05, 0.1) is 50.4 Å². The van der Waals surface area contributed by atoms with E-state index in [4.69, 9.17) is 15.0 Å². The predicted molar refractivity (Wildman–Crippen MR) is 272 cm³/mol. The molecule has 0 fully saturated rings. The SMILES string of the molecule is c1ccc(-c2ccc3ccc4ccc(-c5ccc(-c6nc7ccccc7c7cc8c(cc67)N(c6ccccc6)c6ccccc6C86c7ccccc7-c7ccccc76)cc5)nc4c3n2)cc1. The van der Waals surface area contributed by atoms with Gasteiger partial charge in [0.1, 0.15) is 0 Å². The van der Waals surface area contributed by atoms with Gasteiger partial charge in [0.25, 0.3) is 0 Å². The fourth-order valence-electron chi connectivity index (χ4n) is 11.1. The Morgan fingerprint density at radius 1 is 0.333 bits per heavy atom. The number of rotatable bonds is 4. The van der Waals surface area contributed by atoms with Crippen LogP contribution in [-0.2, 0) is 5.41 Å². The van der Waals surface area contributed by atoms with E-state index >= 15 is 0 Å². The number of fused-ring (bicyclic) bond motifs is 15. The molecule has 0 atom stereocenters. The zero-order valence-electron chi connectivity index (χ0n) is 35.7. The van der Waals surface area contributed by atoms with Gasteiger partial charge in [-0.1, -0.05) is 182 Å². The summed E-state index contributed by atoms with van der Waals surface area (Å²) in [5, 5.41) is 5.55. The fraction of sp³-hybridized carbons (Fsp3) is 0.0161. The summed E-state index contributed by atoms with van der Waals surface area (Å²) < 4.78 is 0. The molecule has 0 saturated heterocycles. The van der Waals surface area contributed by atoms with Gasteiger partial charge in [0.15, 0.2) is 0 Å². The van der Waals surface area contributed by atoms with E-state index in [-0.39, 0.29) is 0 Å². The molecule has 0 N–H and O–H groups in total. The largest absolute Gasteiger partial charge is 0.310 e. The van der Waals surface area contributed by atoms with Crippen LogP contribution >= 0.6 is 0 Å². The van der Waals surface area contributed by atoms with Crippen molar-refractivity contribution in [1.82, 2.24) is 15.0 Å². The van der Waals surface area contributed by atoms with Crippen LogP contribution < -0.4 is 4.90 Å². The summed E-state index contributed by atoms with van der Waals surface area (Å²) in [5.74, 6) is 0. The van der Waals surface area contributed by atoms with E-state index in [1.807, 2.05) is 6.07 Å². The fourth-order valence-corrected chi connectivity index (χ4v) is 11.1. The van der Waals surface area contributed by atoms with Crippen LogP contribution in [0.15, 0.2) is 231 Å². The number of nitrogens with zero attached hydrogens (tertiary/aromatic N) is 4. The second-order valence-corrected chi connectivity index (χ2v) is 17.5. The van der Waals surface area contributed by atoms with Gasteiger partial charge in [-0.25, -0.2) is 15.0 Å². The minimum absolute atomic E-state index is 0.554. The lowest BCUT2D eigenvalue weighted by atomic mass is 9.64. The highest BCUT2D eigenvalue weighted by atomic mass is 15.2. The molecule has 4 heterocycles. The zero-order chi connectivity index (χ0) is 43.3. The maximum absolute atomic E-state index is 5.49. The lowest BCUT2D eigenvalue weighted by Crippen LogP contribution is -2.36. The first kappa shape index (κ1) is 36.7. The molecule has 66 heavy (non-hydrogen) atoms. The van der Waals surface area contributed by atoms with Gasteiger partial charge in [-0.05, 0) is 87.3 Å². The number of hydrogen-bond acceptors (Lipinski definition) is 4. The number of benzene rings is 9. The number of anilines is 3. The summed E-state index contributed by atoms with van der Waals surface area (Å²) >= 11 is 0. The van der Waals surface area contributed by atoms with E-state index in [0.29, 0.717) is 0 Å². The first-order valence-electron chi connectivity index (χ1n) is 22.6. The molecule has 3 aromatic heterocycles. The summed E-state index contributed by atoms with van der Waals surface area (Å²) in [6.07, 6.45) is 0. The molecule has 306 valence electrons. The third kappa shape index (κ3) is 5.24. The molecule has 0 radical (unpaired) electrons. The standard InChI is InChI=1S/C62H38N4/c1-3-15-39(16-4-1)54-35-33-42-31-32-43-34-36-55(64-61(43)60(42)63-54)40-27-29-41(30-28-40)59-49-38-58-53(37-48(49)47-21-9-13-25-56(47)65-59)62(50-22-10-7-19-45(50)46-20-8-11-23-51(46)62)52-24-12-14-26-57(52)66(58)44-17-5-2-6-18-44/h1-38H. The first-order valence-corrected chi connectivity index (χ1v) is 22.6. The van der Waals surface area contributed by atoms with Crippen molar-refractivity contribution in [2.24, 2.45) is 0 Å². The molecular weight excluding hydrogens is 801 g/mol. The van der Waals surface area contributed by atoms with E-state index in [9.17, 15) is 0 Å². The molecule has 0 amide bonds. The summed E-state index contributed by atoms with van der Waals surface area (Å²) in [4.78, 5) is 18.4. The van der Waals surface area contributed by atoms with Crippen LogP contribution in [0.1, 0.15) is 22.3 Å². The zero-order valence-corrected chi connectivity index (χ0v) is 35.7. The summed E-state index contributed by atoms with van der Waals surface area (Å²) in [5.41, 5.74) is 19.3. The Hall–Kier alpha value is -8.73. The van der Waals surface area contributed by atoms with E-state index in [2.05, 4.69) is 229 Å². The molecule has 0 saturated carbocycles. The first-order chi connectivity index (χ1) is 32.7. The van der Waals surface area contributed by atoms with Crippen LogP contribution in [0.3, 0.4) is 0 Å². The average molecular weight is 839 g/mol. The second kappa shape index (κ2) is 14.1. The number of para-hydroxylation sites is 3. The molecule has 4 heteroatoms. The van der Waals surface area contributed by atoms with Crippen LogP contribution in [0.4, 0.5) is 17.1 Å². The van der Waals surface area contributed by atoms with Crippen molar-refractivity contribution in [3.05, 3.63) is 253 Å². The summed E-state index contributed by atoms with van der Waals surface area (Å²) in [6, 6.07) is 83.3. The molecule has 0 bridgehead atoms. The minimum atomic E-state index is -0.554. The Balaban J connectivity index is 0.987. The number of pyridine rings is 3. The van der Waals surface area contributed by atoms with Crippen molar-refractivity contribution in [3.8, 4) is 44.9 Å². The highest BCUT2D eigenvalue weighted by molar-refractivity contribution is 6.14. The lowest BCUT2D eigenvalue weighted by molar-refractivity contribution is 0.754. The molecule has 1 aliphatic heterocycles. The van der Waals surface area contributed by atoms with E-state index in [0.717, 1.165) is 83.2 Å². The van der Waals surface area contributed by atoms with Gasteiger partial charge in [0.2, 0.25) is 0 Å². The van der Waals surface area contributed by atoms with E-state index in [1.165, 1.54) is 44.5 Å². The van der Waals surface area contributed by atoms with Crippen LogP contribution in [-0.4, -0.2) is 15.0 Å². The predicted octanol–water partition coefficient (Wildman–Crippen LogP) is 15.6. The van der Waals surface area contributed by atoms with Crippen LogP contribution in [0, 0.1) is 0 Å². The Kier molecular flexibility index (Phi) is 7.87. The summed E-state index contributed by atoms with van der Waals surface area (Å²) in [6.45, 7) is 0. The Bertz CT molecular complexity index is 3890. The van der Waals surface area contributed by atoms with Crippen LogP contribution in [0.2, 0.25) is 0 Å². The third-order valence-electron chi connectivity index (χ3n) is 14.0. The van der Waals surface area contributed by atoms with Gasteiger partial charge in [0, 0.05) is 43.9 Å². The van der Waals surface area contributed by atoms with Crippen molar-refractivity contribution in [3.63, 3.8) is 0 Å². The maximum Gasteiger partial charge on any atom is 0.0972 e. The van der Waals surface area contributed by atoms with Crippen molar-refractivity contribution < 1.29 is 0 Å². The van der Waals surface area contributed by atoms with E-state index in [1.54, 1.807) is 0 Å². The van der Waals surface area contributed by atoms with Gasteiger partial charge in [-0.2, -0.15) is 0 Å². The highest BCUT2D eigenvalue weighted by Gasteiger charge is 2.51. The molecule has 0 unspecified atom stereocenters. The second-order valence-electron chi connectivity index (χ2n) is 17.5. The topological polar surface area (TPSA) is 41.9 Å². The monoisotopic (exact) mass is 838 g/mol. The van der Waals surface area contributed by atoms with Crippen molar-refractivity contribution in [2.75, 3.05) is 4.90 Å². The number of aromatic nitrogens is 3. The lowest BCUT2D eigenvalue weighted by Gasteiger charge is -2.45. The smallest absolute Gasteiger partial charge is 0.0972 e. The molecule has 4 nitrogen and oxygen atoms in total. The van der Waals surface area contributed by atoms with Gasteiger partial charge < -0.3 is 4.90 Å². The van der Waals surface area contributed by atoms with Crippen molar-refractivity contribution in [1.29, 1.82) is 0 Å². The molecule has 14 rings (SSSR count). The molecular formula is C62H38N4. The van der Waals surface area contributed by atoms with Crippen molar-refractivity contribution in [2.45, 2.75) is 5.41 Å². The van der Waals surface area contributed by atoms with Crippen molar-refractivity contribution >= 4 is 60.5 Å². The summed E-state index contributed by atoms with van der Waals surface area (Å²) in [7, 11) is 0. The molecule has 2 aliphatic rings. The van der Waals surface area contributed by atoms with Gasteiger partial charge >= 0.3 is 0 Å². The Morgan fingerprint density at radius 3 is 1.55 bits per heavy atom. The molecule has 9 aromatic carbocycles. The average Bonchev–Trinajstić information content (AvgIpc) is 3.69. The normalized spacial score (nSPS) is 13.2. The maximum atomic E-state index is 5.49. The van der Waals surface area contributed by atoms with Gasteiger partial charge in [-0.3, -0.25) is 0 Å². The molecule has 12 aromatic rings.